The average molecular weight is 497 g/mol. The van der Waals surface area contributed by atoms with Crippen LogP contribution in [0.15, 0.2) is 48.5 Å². The van der Waals surface area contributed by atoms with E-state index in [1.807, 2.05) is 31.2 Å². The molecule has 1 heterocycles. The molecule has 1 fully saturated rings. The molecule has 2 aliphatic rings. The third-order valence-corrected chi connectivity index (χ3v) is 7.91. The number of carboxylic acid groups (broad SMARTS) is 1. The number of thioether (sulfide) groups is 1. The minimum absolute atomic E-state index is 0.00190. The Morgan fingerprint density at radius 3 is 2.40 bits per heavy atom. The molecule has 2 aromatic rings. The molecule has 2 unspecified atom stereocenters. The molecule has 1 aliphatic heterocycles. The number of hydrogen-bond acceptors (Lipinski definition) is 5. The van der Waals surface area contributed by atoms with E-state index in [0.29, 0.717) is 25.1 Å². The summed E-state index contributed by atoms with van der Waals surface area (Å²) in [7, 11) is 0. The number of benzene rings is 2. The number of nitrogens with one attached hydrogen (secondary N) is 1. The van der Waals surface area contributed by atoms with Gasteiger partial charge in [-0.1, -0.05) is 55.5 Å². The lowest BCUT2D eigenvalue weighted by Gasteiger charge is -2.35. The molecule has 0 saturated carbocycles. The molecule has 186 valence electrons. The number of carbonyl (C=O) groups is 3. The Morgan fingerprint density at radius 1 is 1.11 bits per heavy atom. The Kier molecular flexibility index (Phi) is 8.33. The van der Waals surface area contributed by atoms with E-state index in [1.165, 1.54) is 11.1 Å². The molecule has 0 radical (unpaired) electrons. The number of rotatable bonds is 9. The minimum atomic E-state index is -0.890. The average Bonchev–Trinajstić information content (AvgIpc) is 3.18. The monoisotopic (exact) mass is 496 g/mol. The summed E-state index contributed by atoms with van der Waals surface area (Å²) >= 11 is 1.68. The van der Waals surface area contributed by atoms with Crippen molar-refractivity contribution in [2.24, 2.45) is 0 Å². The first kappa shape index (κ1) is 25.1. The molecule has 0 bridgehead atoms. The molecule has 2 atom stereocenters. The minimum Gasteiger partial charge on any atom is -0.481 e. The number of carboxylic acids is 1. The normalized spacial score (nSPS) is 17.9. The molecule has 35 heavy (non-hydrogen) atoms. The van der Waals surface area contributed by atoms with E-state index >= 15 is 0 Å². The number of amides is 2. The molecule has 2 aromatic carbocycles. The smallest absolute Gasteiger partial charge is 0.407 e. The Bertz CT molecular complexity index is 1030. The predicted octanol–water partition coefficient (Wildman–Crippen LogP) is 4.50. The summed E-state index contributed by atoms with van der Waals surface area (Å²) in [5.74, 6) is 0.519. The van der Waals surface area contributed by atoms with Crippen molar-refractivity contribution in [2.45, 2.75) is 50.6 Å². The van der Waals surface area contributed by atoms with Crippen LogP contribution in [-0.4, -0.2) is 64.7 Å². The summed E-state index contributed by atoms with van der Waals surface area (Å²) < 4.78 is 5.64. The molecular weight excluding hydrogens is 464 g/mol. The lowest BCUT2D eigenvalue weighted by Crippen LogP contribution is -2.47. The zero-order valence-corrected chi connectivity index (χ0v) is 20.8. The van der Waals surface area contributed by atoms with Gasteiger partial charge in [-0.25, -0.2) is 4.79 Å². The number of carbonyl (C=O) groups excluding carboxylic acids is 2. The fourth-order valence-electron chi connectivity index (χ4n) is 4.98. The molecule has 0 aromatic heterocycles. The fraction of sp³-hybridized carbons (Fsp3) is 0.444. The standard InChI is InChI=1S/C27H32N2O5S/c1-2-18(11-12-25(30)29-13-14-35-17-19(29)15-26(31)32)28-27(33)34-16-24-22-9-5-3-7-20(22)21-8-4-6-10-23(21)24/h3-10,18-19,24H,2,11-17H2,1H3,(H,28,33)(H,31,32). The molecule has 7 nitrogen and oxygen atoms in total. The van der Waals surface area contributed by atoms with Gasteiger partial charge in [-0.15, -0.1) is 0 Å². The molecule has 8 heteroatoms. The maximum Gasteiger partial charge on any atom is 0.407 e. The third-order valence-electron chi connectivity index (χ3n) is 6.82. The van der Waals surface area contributed by atoms with Crippen LogP contribution in [0.4, 0.5) is 4.79 Å². The van der Waals surface area contributed by atoms with Crippen molar-refractivity contribution in [1.29, 1.82) is 0 Å². The summed E-state index contributed by atoms with van der Waals surface area (Å²) in [6.45, 7) is 2.78. The van der Waals surface area contributed by atoms with Crippen LogP contribution in [0, 0.1) is 0 Å². The van der Waals surface area contributed by atoms with Crippen molar-refractivity contribution >= 4 is 29.7 Å². The van der Waals surface area contributed by atoms with Crippen LogP contribution in [0.2, 0.25) is 0 Å². The van der Waals surface area contributed by atoms with E-state index in [2.05, 4.69) is 29.6 Å². The highest BCUT2D eigenvalue weighted by molar-refractivity contribution is 7.99. The zero-order chi connectivity index (χ0) is 24.8. The Balaban J connectivity index is 1.29. The molecule has 1 saturated heterocycles. The van der Waals surface area contributed by atoms with Crippen LogP contribution in [0.1, 0.15) is 49.7 Å². The highest BCUT2D eigenvalue weighted by atomic mass is 32.2. The van der Waals surface area contributed by atoms with Crippen molar-refractivity contribution in [1.82, 2.24) is 10.2 Å². The van der Waals surface area contributed by atoms with Crippen molar-refractivity contribution in [2.75, 3.05) is 24.7 Å². The maximum atomic E-state index is 12.8. The predicted molar refractivity (Wildman–Crippen MR) is 137 cm³/mol. The van der Waals surface area contributed by atoms with Crippen LogP contribution >= 0.6 is 11.8 Å². The van der Waals surface area contributed by atoms with Crippen molar-refractivity contribution < 1.29 is 24.2 Å². The summed E-state index contributed by atoms with van der Waals surface area (Å²) in [5.41, 5.74) is 4.68. The number of alkyl carbamates (subject to hydrolysis) is 1. The largest absolute Gasteiger partial charge is 0.481 e. The summed E-state index contributed by atoms with van der Waals surface area (Å²) in [6.07, 6.45) is 0.912. The van der Waals surface area contributed by atoms with Crippen LogP contribution in [0.3, 0.4) is 0 Å². The first-order valence-electron chi connectivity index (χ1n) is 12.2. The van der Waals surface area contributed by atoms with Gasteiger partial charge in [0, 0.05) is 36.4 Å². The SMILES string of the molecule is CCC(CCC(=O)N1CCSCC1CC(=O)O)NC(=O)OCC1c2ccccc2-c2ccccc21. The van der Waals surface area contributed by atoms with Gasteiger partial charge < -0.3 is 20.1 Å². The molecule has 1 aliphatic carbocycles. The van der Waals surface area contributed by atoms with E-state index in [0.717, 1.165) is 16.9 Å². The highest BCUT2D eigenvalue weighted by Crippen LogP contribution is 2.44. The lowest BCUT2D eigenvalue weighted by molar-refractivity contribution is -0.140. The number of aliphatic carboxylic acids is 1. The van der Waals surface area contributed by atoms with Gasteiger partial charge in [0.25, 0.3) is 0 Å². The number of fused-ring (bicyclic) bond motifs is 3. The molecule has 2 N–H and O–H groups in total. The molecule has 4 rings (SSSR count). The Morgan fingerprint density at radius 2 is 1.77 bits per heavy atom. The molecule has 2 amide bonds. The van der Waals surface area contributed by atoms with Gasteiger partial charge in [0.05, 0.1) is 12.5 Å². The second-order valence-corrected chi connectivity index (χ2v) is 10.2. The summed E-state index contributed by atoms with van der Waals surface area (Å²) in [6, 6.07) is 15.9. The van der Waals surface area contributed by atoms with E-state index < -0.39 is 12.1 Å². The second-order valence-electron chi connectivity index (χ2n) is 9.03. The van der Waals surface area contributed by atoms with E-state index in [4.69, 9.17) is 9.84 Å². The first-order chi connectivity index (χ1) is 17.0. The lowest BCUT2D eigenvalue weighted by atomic mass is 9.98. The van der Waals surface area contributed by atoms with Crippen LogP contribution in [-0.2, 0) is 14.3 Å². The van der Waals surface area contributed by atoms with Gasteiger partial charge >= 0.3 is 12.1 Å². The van der Waals surface area contributed by atoms with Gasteiger partial charge in [-0.05, 0) is 35.1 Å². The van der Waals surface area contributed by atoms with E-state index in [-0.39, 0.29) is 43.4 Å². The van der Waals surface area contributed by atoms with Crippen molar-refractivity contribution in [3.05, 3.63) is 59.7 Å². The second kappa shape index (κ2) is 11.6. The topological polar surface area (TPSA) is 95.9 Å². The third kappa shape index (κ3) is 5.99. The number of nitrogens with zero attached hydrogens (tertiary/aromatic N) is 1. The summed E-state index contributed by atoms with van der Waals surface area (Å²) in [5, 5.41) is 12.1. The van der Waals surface area contributed by atoms with Crippen molar-refractivity contribution in [3.63, 3.8) is 0 Å². The van der Waals surface area contributed by atoms with Gasteiger partial charge in [-0.3, -0.25) is 9.59 Å². The molecular formula is C27H32N2O5S. The van der Waals surface area contributed by atoms with Crippen LogP contribution in [0.5, 0.6) is 0 Å². The summed E-state index contributed by atoms with van der Waals surface area (Å²) in [4.78, 5) is 38.3. The van der Waals surface area contributed by atoms with Gasteiger partial charge in [0.2, 0.25) is 5.91 Å². The van der Waals surface area contributed by atoms with Gasteiger partial charge in [0.1, 0.15) is 6.61 Å². The Hall–Kier alpha value is -3.00. The van der Waals surface area contributed by atoms with Crippen LogP contribution < -0.4 is 5.32 Å². The first-order valence-corrected chi connectivity index (χ1v) is 13.3. The Labute approximate surface area is 210 Å². The zero-order valence-electron chi connectivity index (χ0n) is 19.9. The highest BCUT2D eigenvalue weighted by Gasteiger charge is 2.30. The van der Waals surface area contributed by atoms with Crippen LogP contribution in [0.25, 0.3) is 11.1 Å². The van der Waals surface area contributed by atoms with Gasteiger partial charge in [-0.2, -0.15) is 11.8 Å². The quantitative estimate of drug-likeness (QED) is 0.531. The number of ether oxygens (including phenoxy) is 1. The maximum absolute atomic E-state index is 12.8. The molecule has 0 spiro atoms. The fourth-order valence-corrected chi connectivity index (χ4v) is 6.04. The van der Waals surface area contributed by atoms with E-state index in [9.17, 15) is 14.4 Å². The number of hydrogen-bond donors (Lipinski definition) is 2. The van der Waals surface area contributed by atoms with Gasteiger partial charge in [0.15, 0.2) is 0 Å². The van der Waals surface area contributed by atoms with E-state index in [1.54, 1.807) is 16.7 Å². The van der Waals surface area contributed by atoms with Crippen molar-refractivity contribution in [3.8, 4) is 11.1 Å².